The Labute approximate surface area is 81.7 Å². The molecule has 0 saturated carbocycles. The number of carbonyl (C=O) groups is 1. The van der Waals surface area contributed by atoms with Crippen LogP contribution < -0.4 is 5.32 Å². The molecule has 0 aliphatic carbocycles. The molecule has 4 nitrogen and oxygen atoms in total. The van der Waals surface area contributed by atoms with Crippen molar-refractivity contribution in [3.63, 3.8) is 0 Å². The molecule has 2 aliphatic rings. The van der Waals surface area contributed by atoms with Gasteiger partial charge in [-0.1, -0.05) is 0 Å². The van der Waals surface area contributed by atoms with Crippen LogP contribution in [0.4, 0.5) is 0 Å². The van der Waals surface area contributed by atoms with Gasteiger partial charge < -0.3 is 15.3 Å². The third kappa shape index (κ3) is 1.98. The maximum atomic E-state index is 11.7. The average Bonchev–Trinajstić information content (AvgIpc) is 2.13. The molecule has 0 bridgehead atoms. The first-order valence-corrected chi connectivity index (χ1v) is 5.71. The molecule has 2 heterocycles. The zero-order valence-corrected chi connectivity index (χ0v) is 8.22. The van der Waals surface area contributed by atoms with Crippen molar-refractivity contribution in [2.24, 2.45) is 0 Å². The minimum Gasteiger partial charge on any atom is -0.389 e. The number of aliphatic hydroxyl groups excluding tert-OH is 1. The van der Waals surface area contributed by atoms with E-state index >= 15 is 0 Å². The molecule has 0 aromatic carbocycles. The number of aliphatic hydroxyl groups is 1. The topological polar surface area (TPSA) is 52.6 Å². The number of nitrogens with one attached hydrogen (secondary N) is 1. The van der Waals surface area contributed by atoms with E-state index in [0.29, 0.717) is 13.1 Å². The van der Waals surface area contributed by atoms with Gasteiger partial charge >= 0.3 is 0 Å². The molecule has 1 unspecified atom stereocenters. The normalized spacial score (nSPS) is 29.9. The predicted molar refractivity (Wildman–Crippen MR) is 51.7 cm³/mol. The van der Waals surface area contributed by atoms with Crippen LogP contribution in [0.2, 0.25) is 0 Å². The average molecular weight is 202 g/mol. The summed E-state index contributed by atoms with van der Waals surface area (Å²) in [6.07, 6.45) is -0.291. The maximum Gasteiger partial charge on any atom is 0.240 e. The summed E-state index contributed by atoms with van der Waals surface area (Å²) in [4.78, 5) is 13.4. The highest BCUT2D eigenvalue weighted by molar-refractivity contribution is 7.99. The summed E-state index contributed by atoms with van der Waals surface area (Å²) in [6, 6.07) is -0.0220. The van der Waals surface area contributed by atoms with Crippen molar-refractivity contribution >= 4 is 17.7 Å². The second kappa shape index (κ2) is 3.86. The van der Waals surface area contributed by atoms with Crippen molar-refractivity contribution in [2.75, 3.05) is 31.1 Å². The Morgan fingerprint density at radius 1 is 1.54 bits per heavy atom. The van der Waals surface area contributed by atoms with Gasteiger partial charge in [-0.3, -0.25) is 4.79 Å². The largest absolute Gasteiger partial charge is 0.389 e. The van der Waals surface area contributed by atoms with Gasteiger partial charge in [0.2, 0.25) is 5.91 Å². The van der Waals surface area contributed by atoms with Gasteiger partial charge in [0.25, 0.3) is 0 Å². The van der Waals surface area contributed by atoms with Gasteiger partial charge in [-0.05, 0) is 0 Å². The zero-order chi connectivity index (χ0) is 9.26. The molecule has 0 aromatic rings. The van der Waals surface area contributed by atoms with E-state index in [4.69, 9.17) is 5.11 Å². The Hall–Kier alpha value is -0.260. The van der Waals surface area contributed by atoms with E-state index in [1.807, 2.05) is 11.8 Å². The Morgan fingerprint density at radius 3 is 2.85 bits per heavy atom. The number of amides is 1. The lowest BCUT2D eigenvalue weighted by Gasteiger charge is -2.39. The van der Waals surface area contributed by atoms with Crippen molar-refractivity contribution in [1.29, 1.82) is 0 Å². The Bertz CT molecular complexity index is 200. The second-order valence-corrected chi connectivity index (χ2v) is 4.63. The molecule has 2 saturated heterocycles. The smallest absolute Gasteiger partial charge is 0.240 e. The van der Waals surface area contributed by atoms with E-state index in [1.54, 1.807) is 4.90 Å². The van der Waals surface area contributed by atoms with E-state index in [2.05, 4.69) is 5.32 Å². The first-order valence-electron chi connectivity index (χ1n) is 4.55. The molecule has 1 atom stereocenters. The fourth-order valence-electron chi connectivity index (χ4n) is 1.58. The molecular formula is C8H14N2O2S. The first-order chi connectivity index (χ1) is 6.27. The summed E-state index contributed by atoms with van der Waals surface area (Å²) in [5.74, 6) is 2.11. The summed E-state index contributed by atoms with van der Waals surface area (Å²) < 4.78 is 0. The van der Waals surface area contributed by atoms with E-state index in [9.17, 15) is 4.79 Å². The number of hydrogen-bond acceptors (Lipinski definition) is 4. The minimum absolute atomic E-state index is 0.0220. The van der Waals surface area contributed by atoms with E-state index < -0.39 is 0 Å². The number of likely N-dealkylation sites (tertiary alicyclic amines) is 1. The Kier molecular flexibility index (Phi) is 2.76. The van der Waals surface area contributed by atoms with Gasteiger partial charge in [-0.15, -0.1) is 0 Å². The Balaban J connectivity index is 1.82. The van der Waals surface area contributed by atoms with Crippen LogP contribution in [0.15, 0.2) is 0 Å². The van der Waals surface area contributed by atoms with Gasteiger partial charge in [-0.2, -0.15) is 11.8 Å². The van der Waals surface area contributed by atoms with E-state index in [0.717, 1.165) is 18.1 Å². The number of rotatable bonds is 1. The second-order valence-electron chi connectivity index (χ2n) is 3.48. The number of thioether (sulfide) groups is 1. The zero-order valence-electron chi connectivity index (χ0n) is 7.40. The molecule has 2 fully saturated rings. The third-order valence-corrected chi connectivity index (χ3v) is 3.46. The molecule has 0 aromatic heterocycles. The summed E-state index contributed by atoms with van der Waals surface area (Å²) in [6.45, 7) is 1.95. The van der Waals surface area contributed by atoms with E-state index in [-0.39, 0.29) is 18.1 Å². The highest BCUT2D eigenvalue weighted by atomic mass is 32.2. The lowest BCUT2D eigenvalue weighted by molar-refractivity contribution is -0.143. The maximum absolute atomic E-state index is 11.7. The third-order valence-electron chi connectivity index (χ3n) is 2.39. The number of hydrogen-bond donors (Lipinski definition) is 2. The predicted octanol–water partition coefficient (Wildman–Crippen LogP) is -1.11. The fraction of sp³-hybridized carbons (Fsp3) is 0.875. The van der Waals surface area contributed by atoms with Gasteiger partial charge in [0, 0.05) is 31.1 Å². The van der Waals surface area contributed by atoms with Crippen LogP contribution >= 0.6 is 11.8 Å². The molecule has 1 amide bonds. The number of nitrogens with zero attached hydrogens (tertiary/aromatic N) is 1. The lowest BCUT2D eigenvalue weighted by atomic mass is 10.1. The van der Waals surface area contributed by atoms with E-state index in [1.165, 1.54) is 0 Å². The van der Waals surface area contributed by atoms with Gasteiger partial charge in [0.1, 0.15) is 0 Å². The van der Waals surface area contributed by atoms with Crippen LogP contribution in [0, 0.1) is 0 Å². The fourth-order valence-corrected chi connectivity index (χ4v) is 2.50. The van der Waals surface area contributed by atoms with Crippen molar-refractivity contribution < 1.29 is 9.90 Å². The van der Waals surface area contributed by atoms with Crippen LogP contribution in [0.3, 0.4) is 0 Å². The standard InChI is InChI=1S/C8H14N2O2S/c11-6-3-10(4-6)8(12)7-5-13-2-1-9-7/h6-7,9,11H,1-5H2. The quantitative estimate of drug-likeness (QED) is 0.566. The van der Waals surface area contributed by atoms with Crippen LogP contribution in [-0.2, 0) is 4.79 Å². The molecule has 5 heteroatoms. The minimum atomic E-state index is -0.291. The molecule has 13 heavy (non-hydrogen) atoms. The number of β-amino-alcohol motifs (C(OH)–C–C–N with tert-alkyl or cyclic N) is 1. The van der Waals surface area contributed by atoms with Crippen molar-refractivity contribution in [3.05, 3.63) is 0 Å². The summed E-state index contributed by atoms with van der Waals surface area (Å²) in [5, 5.41) is 12.2. The lowest BCUT2D eigenvalue weighted by Crippen LogP contribution is -2.60. The van der Waals surface area contributed by atoms with Gasteiger partial charge in [-0.25, -0.2) is 0 Å². The van der Waals surface area contributed by atoms with Crippen molar-refractivity contribution in [3.8, 4) is 0 Å². The highest BCUT2D eigenvalue weighted by Crippen LogP contribution is 2.14. The van der Waals surface area contributed by atoms with Crippen molar-refractivity contribution in [2.45, 2.75) is 12.1 Å². The summed E-state index contributed by atoms with van der Waals surface area (Å²) >= 11 is 1.81. The van der Waals surface area contributed by atoms with Crippen LogP contribution in [0.1, 0.15) is 0 Å². The van der Waals surface area contributed by atoms with Crippen LogP contribution in [0.25, 0.3) is 0 Å². The summed E-state index contributed by atoms with van der Waals surface area (Å²) in [7, 11) is 0. The molecular weight excluding hydrogens is 188 g/mol. The molecule has 0 radical (unpaired) electrons. The van der Waals surface area contributed by atoms with Crippen LogP contribution in [-0.4, -0.2) is 59.2 Å². The SMILES string of the molecule is O=C(C1CSCCN1)N1CC(O)C1. The van der Waals surface area contributed by atoms with Crippen LogP contribution in [0.5, 0.6) is 0 Å². The van der Waals surface area contributed by atoms with Gasteiger partial charge in [0.05, 0.1) is 12.1 Å². The molecule has 2 rings (SSSR count). The summed E-state index contributed by atoms with van der Waals surface area (Å²) in [5.41, 5.74) is 0. The Morgan fingerprint density at radius 2 is 2.31 bits per heavy atom. The molecule has 2 aliphatic heterocycles. The number of carbonyl (C=O) groups excluding carboxylic acids is 1. The molecule has 0 spiro atoms. The first kappa shape index (κ1) is 9.30. The molecule has 74 valence electrons. The highest BCUT2D eigenvalue weighted by Gasteiger charge is 2.33. The monoisotopic (exact) mass is 202 g/mol. The van der Waals surface area contributed by atoms with Crippen molar-refractivity contribution in [1.82, 2.24) is 10.2 Å². The van der Waals surface area contributed by atoms with Gasteiger partial charge in [0.15, 0.2) is 0 Å². The molecule has 2 N–H and O–H groups in total.